The first-order valence-corrected chi connectivity index (χ1v) is 6.86. The van der Waals surface area contributed by atoms with Gasteiger partial charge in [-0.3, -0.25) is 4.79 Å². The molecule has 0 aromatic rings. The van der Waals surface area contributed by atoms with Crippen molar-refractivity contribution in [3.8, 4) is 0 Å². The lowest BCUT2D eigenvalue weighted by Crippen LogP contribution is -2.38. The second-order valence-electron chi connectivity index (χ2n) is 6.26. The van der Waals surface area contributed by atoms with Gasteiger partial charge in [-0.1, -0.05) is 20.8 Å². The van der Waals surface area contributed by atoms with Crippen LogP contribution in [0, 0.1) is 11.3 Å². The minimum Gasteiger partial charge on any atom is -0.359 e. The summed E-state index contributed by atoms with van der Waals surface area (Å²) in [6, 6.07) is 0. The Bertz CT molecular complexity index is 237. The van der Waals surface area contributed by atoms with Crippen LogP contribution in [0.5, 0.6) is 0 Å². The zero-order valence-electron chi connectivity index (χ0n) is 11.9. The molecule has 0 aromatic carbocycles. The van der Waals surface area contributed by atoms with Crippen molar-refractivity contribution in [3.05, 3.63) is 0 Å². The number of hydrogen-bond acceptors (Lipinski definition) is 2. The third kappa shape index (κ3) is 5.07. The fourth-order valence-electron chi connectivity index (χ4n) is 2.61. The molecule has 1 aliphatic heterocycles. The number of rotatable bonds is 4. The number of likely N-dealkylation sites (tertiary alicyclic amines) is 1. The molecule has 0 saturated carbocycles. The van der Waals surface area contributed by atoms with Crippen molar-refractivity contribution in [2.75, 3.05) is 26.7 Å². The Morgan fingerprint density at radius 1 is 1.29 bits per heavy atom. The van der Waals surface area contributed by atoms with Crippen LogP contribution in [0.2, 0.25) is 0 Å². The third-order valence-corrected chi connectivity index (χ3v) is 3.97. The summed E-state index contributed by atoms with van der Waals surface area (Å²) in [5.41, 5.74) is 0.453. The Hall–Kier alpha value is -0.570. The van der Waals surface area contributed by atoms with Crippen molar-refractivity contribution in [1.82, 2.24) is 10.2 Å². The maximum atomic E-state index is 11.1. The van der Waals surface area contributed by atoms with Crippen LogP contribution in [0.3, 0.4) is 0 Å². The van der Waals surface area contributed by atoms with E-state index in [9.17, 15) is 4.79 Å². The number of nitrogens with one attached hydrogen (secondary N) is 1. The topological polar surface area (TPSA) is 32.3 Å². The van der Waals surface area contributed by atoms with Gasteiger partial charge in [0.15, 0.2) is 0 Å². The van der Waals surface area contributed by atoms with E-state index >= 15 is 0 Å². The summed E-state index contributed by atoms with van der Waals surface area (Å²) in [4.78, 5) is 13.6. The van der Waals surface area contributed by atoms with Gasteiger partial charge in [0.2, 0.25) is 5.91 Å². The number of hydrogen-bond donors (Lipinski definition) is 1. The SMILES string of the molecule is CNC(=O)CCCN1CCC(C(C)(C)C)CC1. The van der Waals surface area contributed by atoms with E-state index in [1.165, 1.54) is 25.9 Å². The number of amides is 1. The summed E-state index contributed by atoms with van der Waals surface area (Å²) in [6.45, 7) is 10.5. The smallest absolute Gasteiger partial charge is 0.219 e. The van der Waals surface area contributed by atoms with Gasteiger partial charge in [0, 0.05) is 13.5 Å². The quantitative estimate of drug-likeness (QED) is 0.817. The fraction of sp³-hybridized carbons (Fsp3) is 0.929. The molecule has 3 nitrogen and oxygen atoms in total. The molecule has 1 fully saturated rings. The van der Waals surface area contributed by atoms with Crippen molar-refractivity contribution < 1.29 is 4.79 Å². The Balaban J connectivity index is 2.17. The Morgan fingerprint density at radius 3 is 2.35 bits per heavy atom. The molecule has 1 aliphatic rings. The molecule has 3 heteroatoms. The number of piperidine rings is 1. The Morgan fingerprint density at radius 2 is 1.88 bits per heavy atom. The van der Waals surface area contributed by atoms with E-state index in [1.807, 2.05) is 0 Å². The van der Waals surface area contributed by atoms with Crippen molar-refractivity contribution in [3.63, 3.8) is 0 Å². The summed E-state index contributed by atoms with van der Waals surface area (Å²) in [7, 11) is 1.71. The molecule has 0 atom stereocenters. The summed E-state index contributed by atoms with van der Waals surface area (Å²) < 4.78 is 0. The monoisotopic (exact) mass is 240 g/mol. The van der Waals surface area contributed by atoms with E-state index < -0.39 is 0 Å². The van der Waals surface area contributed by atoms with E-state index in [4.69, 9.17) is 0 Å². The van der Waals surface area contributed by atoms with Gasteiger partial charge in [0.05, 0.1) is 0 Å². The highest BCUT2D eigenvalue weighted by atomic mass is 16.1. The van der Waals surface area contributed by atoms with Gasteiger partial charge in [-0.05, 0) is 50.2 Å². The molecule has 0 bridgehead atoms. The van der Waals surface area contributed by atoms with Crippen LogP contribution in [0.25, 0.3) is 0 Å². The van der Waals surface area contributed by atoms with E-state index in [-0.39, 0.29) is 5.91 Å². The molecular formula is C14H28N2O. The van der Waals surface area contributed by atoms with Gasteiger partial charge in [-0.15, -0.1) is 0 Å². The molecule has 0 spiro atoms. The first-order valence-electron chi connectivity index (χ1n) is 6.86. The van der Waals surface area contributed by atoms with E-state index in [1.54, 1.807) is 7.05 Å². The Labute approximate surface area is 106 Å². The maximum Gasteiger partial charge on any atom is 0.219 e. The Kier molecular flexibility index (Phi) is 5.44. The van der Waals surface area contributed by atoms with Gasteiger partial charge in [-0.25, -0.2) is 0 Å². The molecule has 17 heavy (non-hydrogen) atoms. The molecule has 0 aromatic heterocycles. The molecule has 0 radical (unpaired) electrons. The zero-order valence-corrected chi connectivity index (χ0v) is 11.9. The van der Waals surface area contributed by atoms with Crippen LogP contribution in [0.1, 0.15) is 46.5 Å². The van der Waals surface area contributed by atoms with Crippen molar-refractivity contribution in [2.24, 2.45) is 11.3 Å². The molecular weight excluding hydrogens is 212 g/mol. The lowest BCUT2D eigenvalue weighted by atomic mass is 9.75. The van der Waals surface area contributed by atoms with E-state index in [0.29, 0.717) is 11.8 Å². The average molecular weight is 240 g/mol. The zero-order chi connectivity index (χ0) is 12.9. The lowest BCUT2D eigenvalue weighted by Gasteiger charge is -2.38. The lowest BCUT2D eigenvalue weighted by molar-refractivity contribution is -0.120. The van der Waals surface area contributed by atoms with Gasteiger partial charge >= 0.3 is 0 Å². The first-order chi connectivity index (χ1) is 7.93. The highest BCUT2D eigenvalue weighted by Crippen LogP contribution is 2.34. The molecule has 1 N–H and O–H groups in total. The van der Waals surface area contributed by atoms with Gasteiger partial charge in [-0.2, -0.15) is 0 Å². The summed E-state index contributed by atoms with van der Waals surface area (Å²) in [5.74, 6) is 1.02. The standard InChI is InChI=1S/C14H28N2O/c1-14(2,3)12-7-10-16(11-8-12)9-5-6-13(17)15-4/h12H,5-11H2,1-4H3,(H,15,17). The highest BCUT2D eigenvalue weighted by molar-refractivity contribution is 5.75. The van der Waals surface area contributed by atoms with Crippen LogP contribution in [0.4, 0.5) is 0 Å². The second-order valence-corrected chi connectivity index (χ2v) is 6.26. The number of nitrogens with zero attached hydrogens (tertiary/aromatic N) is 1. The molecule has 100 valence electrons. The van der Waals surface area contributed by atoms with Gasteiger partial charge < -0.3 is 10.2 Å². The second kappa shape index (κ2) is 6.39. The van der Waals surface area contributed by atoms with Crippen LogP contribution >= 0.6 is 0 Å². The predicted molar refractivity (Wildman–Crippen MR) is 71.9 cm³/mol. The molecule has 1 saturated heterocycles. The summed E-state index contributed by atoms with van der Waals surface area (Å²) in [5, 5.41) is 2.67. The molecule has 0 aliphatic carbocycles. The third-order valence-electron chi connectivity index (χ3n) is 3.97. The fourth-order valence-corrected chi connectivity index (χ4v) is 2.61. The molecule has 1 amide bonds. The average Bonchev–Trinajstić information content (AvgIpc) is 2.28. The van der Waals surface area contributed by atoms with E-state index in [0.717, 1.165) is 18.9 Å². The minimum atomic E-state index is 0.162. The molecule has 1 rings (SSSR count). The van der Waals surface area contributed by atoms with Crippen molar-refractivity contribution in [1.29, 1.82) is 0 Å². The van der Waals surface area contributed by atoms with Crippen LogP contribution in [-0.4, -0.2) is 37.5 Å². The summed E-state index contributed by atoms with van der Waals surface area (Å²) in [6.07, 6.45) is 4.27. The van der Waals surface area contributed by atoms with Crippen molar-refractivity contribution in [2.45, 2.75) is 46.5 Å². The first kappa shape index (κ1) is 14.5. The molecule has 0 unspecified atom stereocenters. The number of carbonyl (C=O) groups is 1. The summed E-state index contributed by atoms with van der Waals surface area (Å²) >= 11 is 0. The largest absolute Gasteiger partial charge is 0.359 e. The highest BCUT2D eigenvalue weighted by Gasteiger charge is 2.28. The molecule has 1 heterocycles. The normalized spacial score (nSPS) is 19.3. The predicted octanol–water partition coefficient (Wildman–Crippen LogP) is 2.27. The maximum absolute atomic E-state index is 11.1. The number of carbonyl (C=O) groups excluding carboxylic acids is 1. The van der Waals surface area contributed by atoms with Gasteiger partial charge in [0.1, 0.15) is 0 Å². The van der Waals surface area contributed by atoms with Crippen LogP contribution < -0.4 is 5.32 Å². The van der Waals surface area contributed by atoms with Crippen molar-refractivity contribution >= 4 is 5.91 Å². The van der Waals surface area contributed by atoms with E-state index in [2.05, 4.69) is 31.0 Å². The minimum absolute atomic E-state index is 0.162. The van der Waals surface area contributed by atoms with Crippen LogP contribution in [-0.2, 0) is 4.79 Å². The van der Waals surface area contributed by atoms with Gasteiger partial charge in [0.25, 0.3) is 0 Å². The van der Waals surface area contributed by atoms with Crippen LogP contribution in [0.15, 0.2) is 0 Å².